The third-order valence-electron chi connectivity index (χ3n) is 3.95. The summed E-state index contributed by atoms with van der Waals surface area (Å²) in [6.45, 7) is 0. The van der Waals surface area contributed by atoms with Gasteiger partial charge < -0.3 is 11.1 Å². The molecule has 1 unspecified atom stereocenters. The van der Waals surface area contributed by atoms with Crippen LogP contribution in [0, 0.1) is 0 Å². The summed E-state index contributed by atoms with van der Waals surface area (Å²) < 4.78 is 13.1. The minimum Gasteiger partial charge on any atom is -0.353 e. The Balaban J connectivity index is 0.00000264. The number of amides is 1. The lowest BCUT2D eigenvalue weighted by Gasteiger charge is -2.26. The topological polar surface area (TPSA) is 72.2 Å². The van der Waals surface area contributed by atoms with E-state index in [1.54, 1.807) is 0 Å². The third kappa shape index (κ3) is 7.33. The maximum absolute atomic E-state index is 12.1. The third-order valence-corrected chi connectivity index (χ3v) is 5.93. The molecule has 1 atom stereocenters. The van der Waals surface area contributed by atoms with Crippen LogP contribution in [-0.2, 0) is 15.6 Å². The maximum Gasteiger partial charge on any atom is 0.220 e. The van der Waals surface area contributed by atoms with Crippen LogP contribution >= 0.6 is 28.3 Å². The van der Waals surface area contributed by atoms with Crippen molar-refractivity contribution >= 4 is 45.0 Å². The summed E-state index contributed by atoms with van der Waals surface area (Å²) in [7, 11) is -1.04. The monoisotopic (exact) mass is 422 g/mol. The predicted molar refractivity (Wildman–Crippen MR) is 100 cm³/mol. The van der Waals surface area contributed by atoms with Crippen LogP contribution in [0.2, 0.25) is 0 Å². The van der Waals surface area contributed by atoms with Crippen molar-refractivity contribution < 1.29 is 9.00 Å². The molecule has 1 fully saturated rings. The Hall–Kier alpha value is -0.430. The fourth-order valence-electron chi connectivity index (χ4n) is 2.63. The Morgan fingerprint density at radius 2 is 1.83 bits per heavy atom. The number of rotatable bonds is 6. The summed E-state index contributed by atoms with van der Waals surface area (Å²) in [5.74, 6) is 0.582. The smallest absolute Gasteiger partial charge is 0.220 e. The lowest BCUT2D eigenvalue weighted by atomic mass is 9.92. The molecular weight excluding hydrogens is 400 g/mol. The molecule has 0 bridgehead atoms. The highest BCUT2D eigenvalue weighted by Crippen LogP contribution is 2.17. The molecule has 1 aromatic rings. The molecule has 3 N–H and O–H groups in total. The highest BCUT2D eigenvalue weighted by atomic mass is 79.9. The van der Waals surface area contributed by atoms with Crippen molar-refractivity contribution in [2.45, 2.75) is 55.5 Å². The Morgan fingerprint density at radius 1 is 1.22 bits per heavy atom. The molecular formula is C16H24BrClN2O2S. The Kier molecular flexibility index (Phi) is 9.36. The van der Waals surface area contributed by atoms with E-state index in [9.17, 15) is 9.00 Å². The van der Waals surface area contributed by atoms with Crippen molar-refractivity contribution in [1.82, 2.24) is 5.32 Å². The molecule has 1 aliphatic rings. The van der Waals surface area contributed by atoms with Crippen LogP contribution in [-0.4, -0.2) is 28.0 Å². The molecule has 1 aromatic carbocycles. The van der Waals surface area contributed by atoms with Crippen molar-refractivity contribution in [3.8, 4) is 0 Å². The van der Waals surface area contributed by atoms with E-state index < -0.39 is 10.8 Å². The van der Waals surface area contributed by atoms with Crippen molar-refractivity contribution in [3.63, 3.8) is 0 Å². The number of halogens is 2. The molecule has 1 amide bonds. The molecule has 0 aliphatic heterocycles. The van der Waals surface area contributed by atoms with Gasteiger partial charge in [-0.25, -0.2) is 0 Å². The van der Waals surface area contributed by atoms with Crippen LogP contribution in [0.1, 0.15) is 38.5 Å². The number of carbonyl (C=O) groups excluding carboxylic acids is 1. The average molecular weight is 424 g/mol. The van der Waals surface area contributed by atoms with Crippen LogP contribution < -0.4 is 11.1 Å². The van der Waals surface area contributed by atoms with Gasteiger partial charge in [-0.15, -0.1) is 12.4 Å². The fraction of sp³-hybridized carbons (Fsp3) is 0.562. The van der Waals surface area contributed by atoms with Crippen LogP contribution in [0.3, 0.4) is 0 Å². The van der Waals surface area contributed by atoms with Crippen LogP contribution in [0.4, 0.5) is 0 Å². The van der Waals surface area contributed by atoms with Crippen molar-refractivity contribution in [1.29, 1.82) is 0 Å². The number of nitrogens with one attached hydrogen (secondary N) is 1. The molecule has 0 spiro atoms. The number of benzene rings is 1. The molecule has 0 radical (unpaired) electrons. The zero-order chi connectivity index (χ0) is 15.9. The van der Waals surface area contributed by atoms with E-state index >= 15 is 0 Å². The van der Waals surface area contributed by atoms with Gasteiger partial charge in [-0.2, -0.15) is 0 Å². The largest absolute Gasteiger partial charge is 0.353 e. The summed E-state index contributed by atoms with van der Waals surface area (Å²) in [6.07, 6.45) is 4.98. The second kappa shape index (κ2) is 10.4. The van der Waals surface area contributed by atoms with Crippen LogP contribution in [0.25, 0.3) is 0 Å². The van der Waals surface area contributed by atoms with Gasteiger partial charge >= 0.3 is 0 Å². The van der Waals surface area contributed by atoms with E-state index in [2.05, 4.69) is 21.2 Å². The zero-order valence-corrected chi connectivity index (χ0v) is 16.2. The molecule has 1 aliphatic carbocycles. The second-order valence-corrected chi connectivity index (χ2v) is 8.27. The van der Waals surface area contributed by atoms with E-state index in [1.165, 1.54) is 0 Å². The summed E-state index contributed by atoms with van der Waals surface area (Å²) in [4.78, 5) is 12.7. The lowest BCUT2D eigenvalue weighted by Crippen LogP contribution is -2.40. The van der Waals surface area contributed by atoms with Crippen molar-refractivity contribution in [2.24, 2.45) is 5.73 Å². The van der Waals surface area contributed by atoms with E-state index in [0.717, 1.165) is 35.1 Å². The minimum absolute atomic E-state index is 0. The highest BCUT2D eigenvalue weighted by molar-refractivity contribution is 9.10. The van der Waals surface area contributed by atoms with Crippen LogP contribution in [0.5, 0.6) is 0 Å². The Labute approximate surface area is 155 Å². The lowest BCUT2D eigenvalue weighted by molar-refractivity contribution is -0.122. The van der Waals surface area contributed by atoms with Crippen molar-refractivity contribution in [2.75, 3.05) is 5.75 Å². The molecule has 4 nitrogen and oxygen atoms in total. The molecule has 23 heavy (non-hydrogen) atoms. The second-order valence-electron chi connectivity index (χ2n) is 5.79. The predicted octanol–water partition coefficient (Wildman–Crippen LogP) is 3.14. The van der Waals surface area contributed by atoms with Gasteiger partial charge in [-0.05, 0) is 56.4 Å². The number of hydrogen-bond acceptors (Lipinski definition) is 3. The van der Waals surface area contributed by atoms with E-state index in [0.29, 0.717) is 24.6 Å². The van der Waals surface area contributed by atoms with Gasteiger partial charge in [0.15, 0.2) is 0 Å². The molecule has 0 saturated heterocycles. The standard InChI is InChI=1S/C16H23BrN2O2S.ClH/c17-12-3-9-15(10-4-12)22(21)11-1-2-16(20)19-14-7-5-13(18)6-8-14;/h3-4,9-10,13-14H,1-2,5-8,11,18H2,(H,19,20);1H. The first-order chi connectivity index (χ1) is 10.5. The molecule has 1 saturated carbocycles. The van der Waals surface area contributed by atoms with Gasteiger partial charge in [-0.3, -0.25) is 9.00 Å². The number of nitrogens with two attached hydrogens (primary N) is 1. The molecule has 130 valence electrons. The van der Waals surface area contributed by atoms with E-state index in [1.807, 2.05) is 24.3 Å². The first-order valence-corrected chi connectivity index (χ1v) is 9.84. The van der Waals surface area contributed by atoms with Gasteiger partial charge in [0.2, 0.25) is 5.91 Å². The molecule has 2 rings (SSSR count). The Morgan fingerprint density at radius 3 is 2.43 bits per heavy atom. The zero-order valence-electron chi connectivity index (χ0n) is 13.0. The average Bonchev–Trinajstić information content (AvgIpc) is 2.50. The molecule has 0 aromatic heterocycles. The van der Waals surface area contributed by atoms with Gasteiger partial charge in [0, 0.05) is 33.6 Å². The SMILES string of the molecule is Cl.NC1CCC(NC(=O)CCCS(=O)c2ccc(Br)cc2)CC1. The summed E-state index contributed by atoms with van der Waals surface area (Å²) in [5.41, 5.74) is 5.86. The number of hydrogen-bond donors (Lipinski definition) is 2. The summed E-state index contributed by atoms with van der Waals surface area (Å²) >= 11 is 3.36. The van der Waals surface area contributed by atoms with Crippen LogP contribution in [0.15, 0.2) is 33.6 Å². The van der Waals surface area contributed by atoms with Crippen molar-refractivity contribution in [3.05, 3.63) is 28.7 Å². The van der Waals surface area contributed by atoms with Gasteiger partial charge in [0.05, 0.1) is 10.8 Å². The quantitative estimate of drug-likeness (QED) is 0.738. The molecule has 0 heterocycles. The van der Waals surface area contributed by atoms with Gasteiger partial charge in [0.25, 0.3) is 0 Å². The first-order valence-electron chi connectivity index (χ1n) is 7.73. The first kappa shape index (κ1) is 20.6. The number of carbonyl (C=O) groups is 1. The fourth-order valence-corrected chi connectivity index (χ4v) is 3.98. The normalized spacial score (nSPS) is 22.0. The highest BCUT2D eigenvalue weighted by Gasteiger charge is 2.19. The van der Waals surface area contributed by atoms with E-state index in [4.69, 9.17) is 5.73 Å². The van der Waals surface area contributed by atoms with Gasteiger partial charge in [0.1, 0.15) is 0 Å². The van der Waals surface area contributed by atoms with E-state index in [-0.39, 0.29) is 24.4 Å². The Bertz CT molecular complexity index is 519. The maximum atomic E-state index is 12.1. The summed E-state index contributed by atoms with van der Waals surface area (Å²) in [6, 6.07) is 8.03. The summed E-state index contributed by atoms with van der Waals surface area (Å²) in [5, 5.41) is 3.06. The molecule has 7 heteroatoms. The minimum atomic E-state index is -1.04. The van der Waals surface area contributed by atoms with Gasteiger partial charge in [-0.1, -0.05) is 15.9 Å².